The maximum Gasteiger partial charge on any atom is 0.251 e. The van der Waals surface area contributed by atoms with Gasteiger partial charge in [-0.3, -0.25) is 4.79 Å². The van der Waals surface area contributed by atoms with E-state index in [-0.39, 0.29) is 5.91 Å². The van der Waals surface area contributed by atoms with Gasteiger partial charge in [-0.1, -0.05) is 19.9 Å². The van der Waals surface area contributed by atoms with Crippen molar-refractivity contribution in [2.45, 2.75) is 58.4 Å². The van der Waals surface area contributed by atoms with E-state index in [4.69, 9.17) is 0 Å². The van der Waals surface area contributed by atoms with Crippen LogP contribution in [-0.2, 0) is 6.42 Å². The van der Waals surface area contributed by atoms with Crippen LogP contribution in [-0.4, -0.2) is 18.5 Å². The first-order valence-electron chi connectivity index (χ1n) is 8.22. The van der Waals surface area contributed by atoms with Gasteiger partial charge >= 0.3 is 0 Å². The minimum atomic E-state index is 0.111. The quantitative estimate of drug-likeness (QED) is 0.869. The van der Waals surface area contributed by atoms with Crippen LogP contribution in [0.25, 0.3) is 0 Å². The average molecular weight is 286 g/mol. The molecule has 2 N–H and O–H groups in total. The van der Waals surface area contributed by atoms with Crippen molar-refractivity contribution in [2.75, 3.05) is 11.9 Å². The monoisotopic (exact) mass is 286 g/mol. The topological polar surface area (TPSA) is 41.1 Å². The van der Waals surface area contributed by atoms with Gasteiger partial charge in [0.05, 0.1) is 0 Å². The third kappa shape index (κ3) is 3.22. The van der Waals surface area contributed by atoms with E-state index in [1.54, 1.807) is 0 Å². The van der Waals surface area contributed by atoms with Gasteiger partial charge in [0.1, 0.15) is 0 Å². The number of anilines is 1. The fraction of sp³-hybridized carbons (Fsp3) is 0.611. The highest BCUT2D eigenvalue weighted by Crippen LogP contribution is 2.35. The largest absolute Gasteiger partial charge is 0.385 e. The van der Waals surface area contributed by atoms with Crippen molar-refractivity contribution in [1.82, 2.24) is 5.32 Å². The Labute approximate surface area is 127 Å². The van der Waals surface area contributed by atoms with Crippen LogP contribution in [0.5, 0.6) is 0 Å². The maximum absolute atomic E-state index is 12.6. The zero-order valence-electron chi connectivity index (χ0n) is 13.2. The Morgan fingerprint density at radius 2 is 2.05 bits per heavy atom. The van der Waals surface area contributed by atoms with Crippen LogP contribution >= 0.6 is 0 Å². The fourth-order valence-electron chi connectivity index (χ4n) is 3.53. The molecule has 1 aromatic carbocycles. The summed E-state index contributed by atoms with van der Waals surface area (Å²) in [7, 11) is 0. The van der Waals surface area contributed by atoms with Crippen LogP contribution in [0.15, 0.2) is 18.2 Å². The van der Waals surface area contributed by atoms with Crippen LogP contribution in [0.4, 0.5) is 5.69 Å². The Bertz CT molecular complexity index is 526. The predicted molar refractivity (Wildman–Crippen MR) is 86.8 cm³/mol. The highest BCUT2D eigenvalue weighted by Gasteiger charge is 2.28. The molecule has 1 amide bonds. The number of nitrogens with one attached hydrogen (secondary N) is 2. The van der Waals surface area contributed by atoms with E-state index < -0.39 is 0 Å². The summed E-state index contributed by atoms with van der Waals surface area (Å²) in [5, 5.41) is 6.65. The summed E-state index contributed by atoms with van der Waals surface area (Å²) < 4.78 is 0. The summed E-state index contributed by atoms with van der Waals surface area (Å²) in [4.78, 5) is 12.6. The third-order valence-corrected chi connectivity index (χ3v) is 5.01. The van der Waals surface area contributed by atoms with Crippen LogP contribution in [0.3, 0.4) is 0 Å². The van der Waals surface area contributed by atoms with E-state index in [2.05, 4.69) is 30.5 Å². The summed E-state index contributed by atoms with van der Waals surface area (Å²) in [6, 6.07) is 6.37. The van der Waals surface area contributed by atoms with Gasteiger partial charge < -0.3 is 10.6 Å². The molecule has 0 unspecified atom stereocenters. The Kier molecular flexibility index (Phi) is 3.92. The van der Waals surface area contributed by atoms with Gasteiger partial charge in [-0.15, -0.1) is 0 Å². The molecule has 3 nitrogen and oxygen atoms in total. The van der Waals surface area contributed by atoms with Gasteiger partial charge in [-0.2, -0.15) is 0 Å². The molecular weight excluding hydrogens is 260 g/mol. The van der Waals surface area contributed by atoms with Crippen LogP contribution in [0, 0.1) is 5.41 Å². The van der Waals surface area contributed by atoms with E-state index >= 15 is 0 Å². The molecule has 0 atom stereocenters. The summed E-state index contributed by atoms with van der Waals surface area (Å²) in [6.07, 6.45) is 6.72. The smallest absolute Gasteiger partial charge is 0.251 e. The van der Waals surface area contributed by atoms with Gasteiger partial charge in [-0.25, -0.2) is 0 Å². The average Bonchev–Trinajstić information content (AvgIpc) is 2.49. The van der Waals surface area contributed by atoms with Crippen molar-refractivity contribution in [3.8, 4) is 0 Å². The second-order valence-electron chi connectivity index (χ2n) is 7.27. The number of rotatable bonds is 2. The number of carbonyl (C=O) groups is 1. The van der Waals surface area contributed by atoms with Gasteiger partial charge in [-0.05, 0) is 61.6 Å². The first-order valence-corrected chi connectivity index (χ1v) is 8.22. The van der Waals surface area contributed by atoms with Crippen molar-refractivity contribution in [1.29, 1.82) is 0 Å². The van der Waals surface area contributed by atoms with Crippen LogP contribution < -0.4 is 10.6 Å². The normalized spacial score (nSPS) is 21.2. The first kappa shape index (κ1) is 14.4. The van der Waals surface area contributed by atoms with Crippen molar-refractivity contribution in [2.24, 2.45) is 5.41 Å². The van der Waals surface area contributed by atoms with Crippen molar-refractivity contribution < 1.29 is 4.79 Å². The Balaban J connectivity index is 1.69. The minimum Gasteiger partial charge on any atom is -0.385 e. The number of benzene rings is 1. The van der Waals surface area contributed by atoms with Crippen molar-refractivity contribution >= 4 is 11.6 Å². The molecule has 1 heterocycles. The predicted octanol–water partition coefficient (Wildman–Crippen LogP) is 3.74. The van der Waals surface area contributed by atoms with Crippen LogP contribution in [0.2, 0.25) is 0 Å². The van der Waals surface area contributed by atoms with Crippen molar-refractivity contribution in [3.63, 3.8) is 0 Å². The minimum absolute atomic E-state index is 0.111. The number of carbonyl (C=O) groups excluding carboxylic acids is 1. The fourth-order valence-corrected chi connectivity index (χ4v) is 3.53. The summed E-state index contributed by atoms with van der Waals surface area (Å²) >= 11 is 0. The molecule has 3 heteroatoms. The lowest BCUT2D eigenvalue weighted by molar-refractivity contribution is 0.0908. The molecule has 2 aliphatic rings. The van der Waals surface area contributed by atoms with Gasteiger partial charge in [0.15, 0.2) is 0 Å². The molecule has 1 saturated carbocycles. The summed E-state index contributed by atoms with van der Waals surface area (Å²) in [6.45, 7) is 5.66. The Hall–Kier alpha value is -1.51. The van der Waals surface area contributed by atoms with E-state index in [1.165, 1.54) is 18.4 Å². The lowest BCUT2D eigenvalue weighted by Crippen LogP contribution is -2.39. The molecular formula is C18H26N2O. The molecule has 3 rings (SSSR count). The number of hydrogen-bond donors (Lipinski definition) is 2. The van der Waals surface area contributed by atoms with E-state index in [0.29, 0.717) is 11.5 Å². The number of hydrogen-bond acceptors (Lipinski definition) is 2. The molecule has 0 bridgehead atoms. The zero-order valence-corrected chi connectivity index (χ0v) is 13.2. The highest BCUT2D eigenvalue weighted by atomic mass is 16.1. The molecule has 0 saturated heterocycles. The van der Waals surface area contributed by atoms with E-state index in [0.717, 1.165) is 43.5 Å². The Morgan fingerprint density at radius 3 is 2.81 bits per heavy atom. The SMILES string of the molecule is CC1(C)CCC(NC(=O)c2cccc3c2CCCN3)CC1. The molecule has 0 aromatic heterocycles. The lowest BCUT2D eigenvalue weighted by atomic mass is 9.75. The third-order valence-electron chi connectivity index (χ3n) is 5.01. The summed E-state index contributed by atoms with van der Waals surface area (Å²) in [5.74, 6) is 0.111. The first-order chi connectivity index (χ1) is 10.1. The Morgan fingerprint density at radius 1 is 1.29 bits per heavy atom. The molecule has 114 valence electrons. The maximum atomic E-state index is 12.6. The molecule has 1 aliphatic heterocycles. The van der Waals surface area contributed by atoms with Crippen molar-refractivity contribution in [3.05, 3.63) is 29.3 Å². The van der Waals surface area contributed by atoms with E-state index in [9.17, 15) is 4.79 Å². The molecule has 0 radical (unpaired) electrons. The number of amides is 1. The highest BCUT2D eigenvalue weighted by molar-refractivity contribution is 5.97. The second kappa shape index (κ2) is 5.70. The molecule has 1 fully saturated rings. The second-order valence-corrected chi connectivity index (χ2v) is 7.27. The molecule has 21 heavy (non-hydrogen) atoms. The standard InChI is InChI=1S/C18H26N2O/c1-18(2)10-8-13(9-11-18)20-17(21)15-5-3-7-16-14(15)6-4-12-19-16/h3,5,7,13,19H,4,6,8-12H2,1-2H3,(H,20,21). The molecule has 1 aliphatic carbocycles. The van der Waals surface area contributed by atoms with Gasteiger partial charge in [0, 0.05) is 23.8 Å². The van der Waals surface area contributed by atoms with Gasteiger partial charge in [0.25, 0.3) is 5.91 Å². The lowest BCUT2D eigenvalue weighted by Gasteiger charge is -2.34. The van der Waals surface area contributed by atoms with Gasteiger partial charge in [0.2, 0.25) is 0 Å². The number of fused-ring (bicyclic) bond motifs is 1. The molecule has 1 aromatic rings. The molecule has 0 spiro atoms. The van der Waals surface area contributed by atoms with E-state index in [1.807, 2.05) is 12.1 Å². The summed E-state index contributed by atoms with van der Waals surface area (Å²) in [5.41, 5.74) is 3.64. The van der Waals surface area contributed by atoms with Crippen LogP contribution in [0.1, 0.15) is 61.9 Å². The zero-order chi connectivity index (χ0) is 14.9.